The first-order valence-electron chi connectivity index (χ1n) is 11.9. The van der Waals surface area contributed by atoms with Crippen molar-refractivity contribution in [2.45, 2.75) is 25.9 Å². The average molecular weight is 489 g/mol. The first-order chi connectivity index (χ1) is 17.0. The van der Waals surface area contributed by atoms with Gasteiger partial charge in [0.2, 0.25) is 5.95 Å². The molecule has 2 aromatic heterocycles. The topological polar surface area (TPSA) is 76.9 Å². The number of hydrogen-bond donors (Lipinski definition) is 2. The third kappa shape index (κ3) is 5.63. The summed E-state index contributed by atoms with van der Waals surface area (Å²) >= 11 is 6.07. The summed E-state index contributed by atoms with van der Waals surface area (Å²) in [6.45, 7) is 4.28. The normalized spacial score (nSPS) is 15.1. The molecule has 1 atom stereocenters. The summed E-state index contributed by atoms with van der Waals surface area (Å²) in [4.78, 5) is 9.20. The van der Waals surface area contributed by atoms with Crippen molar-refractivity contribution in [1.82, 2.24) is 25.1 Å². The number of benzene rings is 2. The van der Waals surface area contributed by atoms with Gasteiger partial charge in [0, 0.05) is 47.3 Å². The van der Waals surface area contributed by atoms with Crippen molar-refractivity contribution in [2.75, 3.05) is 18.4 Å². The van der Waals surface area contributed by atoms with E-state index in [0.717, 1.165) is 59.9 Å². The summed E-state index contributed by atoms with van der Waals surface area (Å²) in [5, 5.41) is 12.1. The van der Waals surface area contributed by atoms with E-state index in [1.807, 2.05) is 67.8 Å². The van der Waals surface area contributed by atoms with Gasteiger partial charge in [0.15, 0.2) is 0 Å². The standard InChI is InChI=1S/C27H29ClN6O/c1-18(19-10-13-29-14-11-19)35-23-5-3-4-22(16-23)31-27-30-15-12-25(32-27)24-17-34(2)33-26(24)20-6-8-21(28)9-7-20/h3-9,12,15-19,29H,10-11,13-14H2,1-2H3,(H,30,31,32). The zero-order valence-corrected chi connectivity index (χ0v) is 20.7. The maximum absolute atomic E-state index is 6.27. The van der Waals surface area contributed by atoms with Crippen LogP contribution in [-0.4, -0.2) is 38.9 Å². The lowest BCUT2D eigenvalue weighted by Gasteiger charge is -2.28. The lowest BCUT2D eigenvalue weighted by atomic mass is 9.93. The van der Waals surface area contributed by atoms with Crippen LogP contribution in [0, 0.1) is 5.92 Å². The van der Waals surface area contributed by atoms with Gasteiger partial charge in [-0.05, 0) is 69.1 Å². The summed E-state index contributed by atoms with van der Waals surface area (Å²) in [5.74, 6) is 1.92. The van der Waals surface area contributed by atoms with Crippen LogP contribution in [0.3, 0.4) is 0 Å². The fourth-order valence-electron chi connectivity index (χ4n) is 4.47. The van der Waals surface area contributed by atoms with Crippen LogP contribution in [0.4, 0.5) is 11.6 Å². The maximum atomic E-state index is 6.27. The molecule has 1 saturated heterocycles. The van der Waals surface area contributed by atoms with Crippen LogP contribution in [0.25, 0.3) is 22.5 Å². The van der Waals surface area contributed by atoms with E-state index < -0.39 is 0 Å². The fourth-order valence-corrected chi connectivity index (χ4v) is 4.59. The van der Waals surface area contributed by atoms with E-state index in [2.05, 4.69) is 27.6 Å². The largest absolute Gasteiger partial charge is 0.490 e. The summed E-state index contributed by atoms with van der Waals surface area (Å²) < 4.78 is 8.06. The van der Waals surface area contributed by atoms with Crippen molar-refractivity contribution >= 4 is 23.2 Å². The van der Waals surface area contributed by atoms with Crippen molar-refractivity contribution in [1.29, 1.82) is 0 Å². The molecule has 5 rings (SSSR count). The van der Waals surface area contributed by atoms with Crippen LogP contribution in [-0.2, 0) is 7.05 Å². The third-order valence-corrected chi connectivity index (χ3v) is 6.59. The zero-order valence-electron chi connectivity index (χ0n) is 19.9. The van der Waals surface area contributed by atoms with E-state index >= 15 is 0 Å². The van der Waals surface area contributed by atoms with Gasteiger partial charge in [0.1, 0.15) is 11.4 Å². The van der Waals surface area contributed by atoms with Crippen LogP contribution < -0.4 is 15.4 Å². The van der Waals surface area contributed by atoms with Gasteiger partial charge in [-0.2, -0.15) is 5.10 Å². The molecule has 0 saturated carbocycles. The number of piperidine rings is 1. The Kier molecular flexibility index (Phi) is 6.97. The maximum Gasteiger partial charge on any atom is 0.227 e. The molecule has 0 bridgehead atoms. The van der Waals surface area contributed by atoms with E-state index in [1.54, 1.807) is 10.9 Å². The van der Waals surface area contributed by atoms with Crippen LogP contribution in [0.1, 0.15) is 19.8 Å². The van der Waals surface area contributed by atoms with E-state index in [4.69, 9.17) is 21.3 Å². The van der Waals surface area contributed by atoms with Gasteiger partial charge in [-0.1, -0.05) is 29.8 Å². The number of hydrogen-bond acceptors (Lipinski definition) is 6. The first-order valence-corrected chi connectivity index (χ1v) is 12.3. The highest BCUT2D eigenvalue weighted by molar-refractivity contribution is 6.30. The molecule has 1 aliphatic rings. The number of ether oxygens (including phenoxy) is 1. The molecule has 35 heavy (non-hydrogen) atoms. The second kappa shape index (κ2) is 10.5. The minimum atomic E-state index is 0.170. The minimum absolute atomic E-state index is 0.170. The Hall–Kier alpha value is -3.42. The monoisotopic (exact) mass is 488 g/mol. The second-order valence-corrected chi connectivity index (χ2v) is 9.34. The number of aryl methyl sites for hydroxylation is 1. The van der Waals surface area contributed by atoms with Gasteiger partial charge in [-0.15, -0.1) is 0 Å². The van der Waals surface area contributed by atoms with Gasteiger partial charge in [0.25, 0.3) is 0 Å². The fraction of sp³-hybridized carbons (Fsp3) is 0.296. The predicted molar refractivity (Wildman–Crippen MR) is 140 cm³/mol. The molecule has 1 fully saturated rings. The highest BCUT2D eigenvalue weighted by Crippen LogP contribution is 2.31. The summed E-state index contributed by atoms with van der Waals surface area (Å²) in [6, 6.07) is 17.5. The summed E-state index contributed by atoms with van der Waals surface area (Å²) in [7, 11) is 1.90. The highest BCUT2D eigenvalue weighted by Gasteiger charge is 2.21. The Labute approximate surface area is 210 Å². The van der Waals surface area contributed by atoms with Gasteiger partial charge in [-0.25, -0.2) is 9.97 Å². The van der Waals surface area contributed by atoms with Gasteiger partial charge in [-0.3, -0.25) is 4.68 Å². The van der Waals surface area contributed by atoms with E-state index in [0.29, 0.717) is 16.9 Å². The first kappa shape index (κ1) is 23.3. The Morgan fingerprint density at radius 2 is 1.91 bits per heavy atom. The van der Waals surface area contributed by atoms with Crippen LogP contribution in [0.2, 0.25) is 5.02 Å². The quantitative estimate of drug-likeness (QED) is 0.347. The third-order valence-electron chi connectivity index (χ3n) is 6.34. The highest BCUT2D eigenvalue weighted by atomic mass is 35.5. The van der Waals surface area contributed by atoms with E-state index in [-0.39, 0.29) is 6.10 Å². The SMILES string of the molecule is CC(Oc1cccc(Nc2nccc(-c3cn(C)nc3-c3ccc(Cl)cc3)n2)c1)C1CCNCC1. The molecular formula is C27H29ClN6O. The predicted octanol–water partition coefficient (Wildman–Crippen LogP) is 5.71. The number of nitrogens with one attached hydrogen (secondary N) is 2. The van der Waals surface area contributed by atoms with Crippen molar-refractivity contribution in [3.63, 3.8) is 0 Å². The molecule has 0 amide bonds. The molecule has 0 radical (unpaired) electrons. The lowest BCUT2D eigenvalue weighted by molar-refractivity contribution is 0.128. The molecule has 1 unspecified atom stereocenters. The second-order valence-electron chi connectivity index (χ2n) is 8.90. The number of nitrogens with zero attached hydrogens (tertiary/aromatic N) is 4. The summed E-state index contributed by atoms with van der Waals surface area (Å²) in [5.41, 5.74) is 4.41. The molecule has 3 heterocycles. The van der Waals surface area contributed by atoms with E-state index in [1.165, 1.54) is 0 Å². The van der Waals surface area contributed by atoms with E-state index in [9.17, 15) is 0 Å². The zero-order chi connectivity index (χ0) is 24.2. The Morgan fingerprint density at radius 3 is 2.71 bits per heavy atom. The van der Waals surface area contributed by atoms with Crippen LogP contribution in [0.15, 0.2) is 67.0 Å². The number of aromatic nitrogens is 4. The number of halogens is 1. The Balaban J connectivity index is 1.34. The lowest BCUT2D eigenvalue weighted by Crippen LogP contribution is -2.35. The van der Waals surface area contributed by atoms with Gasteiger partial charge in [0.05, 0.1) is 11.8 Å². The minimum Gasteiger partial charge on any atom is -0.490 e. The van der Waals surface area contributed by atoms with Crippen molar-refractivity contribution < 1.29 is 4.74 Å². The molecule has 4 aromatic rings. The molecule has 8 heteroatoms. The molecule has 2 aromatic carbocycles. The average Bonchev–Trinajstić information content (AvgIpc) is 3.27. The Morgan fingerprint density at radius 1 is 1.11 bits per heavy atom. The van der Waals surface area contributed by atoms with Gasteiger partial charge >= 0.3 is 0 Å². The van der Waals surface area contributed by atoms with Crippen molar-refractivity contribution in [3.05, 3.63) is 72.0 Å². The molecule has 0 aliphatic carbocycles. The van der Waals surface area contributed by atoms with Crippen molar-refractivity contribution in [3.8, 4) is 28.3 Å². The number of anilines is 2. The summed E-state index contributed by atoms with van der Waals surface area (Å²) in [6.07, 6.45) is 6.18. The smallest absolute Gasteiger partial charge is 0.227 e. The number of rotatable bonds is 7. The van der Waals surface area contributed by atoms with Crippen molar-refractivity contribution in [2.24, 2.45) is 13.0 Å². The molecule has 180 valence electrons. The Bertz CT molecular complexity index is 1280. The van der Waals surface area contributed by atoms with Gasteiger partial charge < -0.3 is 15.4 Å². The molecule has 1 aliphatic heterocycles. The molecule has 2 N–H and O–H groups in total. The molecular weight excluding hydrogens is 460 g/mol. The molecule has 7 nitrogen and oxygen atoms in total. The molecule has 0 spiro atoms. The van der Waals surface area contributed by atoms with Crippen LogP contribution in [0.5, 0.6) is 5.75 Å². The van der Waals surface area contributed by atoms with Crippen LogP contribution >= 0.6 is 11.6 Å².